The molecule has 0 saturated carbocycles. The molecule has 1 N–H and O–H groups in total. The van der Waals surface area contributed by atoms with Gasteiger partial charge >= 0.3 is 0 Å². The molecular weight excluding hydrogens is 387 g/mol. The van der Waals surface area contributed by atoms with Gasteiger partial charge in [0.05, 0.1) is 18.6 Å². The first kappa shape index (κ1) is 17.6. The molecule has 0 aliphatic carbocycles. The number of halogens is 1. The fourth-order valence-corrected chi connectivity index (χ4v) is 4.18. The summed E-state index contributed by atoms with van der Waals surface area (Å²) in [5.41, 5.74) is 2.16. The molecule has 0 radical (unpaired) electrons. The van der Waals surface area contributed by atoms with E-state index >= 15 is 0 Å². The van der Waals surface area contributed by atoms with Crippen LogP contribution >= 0.6 is 23.3 Å². The smallest absolute Gasteiger partial charge is 0.230 e. The monoisotopic (exact) mass is 400 g/mol. The molecule has 1 aromatic carbocycles. The molecule has 3 aromatic heterocycles. The second kappa shape index (κ2) is 7.85. The molecule has 136 valence electrons. The van der Waals surface area contributed by atoms with E-state index in [1.165, 1.54) is 41.8 Å². The van der Waals surface area contributed by atoms with Crippen LogP contribution in [0, 0.1) is 5.82 Å². The summed E-state index contributed by atoms with van der Waals surface area (Å²) in [5, 5.41) is 3.49. The second-order valence-corrected chi connectivity index (χ2v) is 7.28. The zero-order valence-electron chi connectivity index (χ0n) is 13.9. The van der Waals surface area contributed by atoms with Crippen molar-refractivity contribution in [1.82, 2.24) is 19.7 Å². The average Bonchev–Trinajstić information content (AvgIpc) is 3.35. The number of amides is 1. The topological polar surface area (TPSA) is 80.9 Å². The van der Waals surface area contributed by atoms with Gasteiger partial charge in [-0.3, -0.25) is 4.79 Å². The van der Waals surface area contributed by atoms with E-state index in [2.05, 4.69) is 19.7 Å². The van der Waals surface area contributed by atoms with Crippen molar-refractivity contribution >= 4 is 39.4 Å². The maximum absolute atomic E-state index is 13.1. The highest BCUT2D eigenvalue weighted by Crippen LogP contribution is 2.34. The number of carbonyl (C=O) groups excluding carboxylic acids is 1. The maximum Gasteiger partial charge on any atom is 0.230 e. The van der Waals surface area contributed by atoms with Gasteiger partial charge in [-0.2, -0.15) is 4.37 Å². The molecule has 0 atom stereocenters. The first-order valence-corrected chi connectivity index (χ1v) is 9.75. The van der Waals surface area contributed by atoms with Crippen molar-refractivity contribution in [3.8, 4) is 11.3 Å². The van der Waals surface area contributed by atoms with E-state index in [1.54, 1.807) is 30.5 Å². The lowest BCUT2D eigenvalue weighted by Crippen LogP contribution is -2.24. The Morgan fingerprint density at radius 2 is 2.07 bits per heavy atom. The van der Waals surface area contributed by atoms with Crippen molar-refractivity contribution in [2.24, 2.45) is 0 Å². The Bertz CT molecular complexity index is 1060. The number of aromatic nitrogens is 3. The van der Waals surface area contributed by atoms with Crippen molar-refractivity contribution < 1.29 is 13.6 Å². The number of benzene rings is 1. The van der Waals surface area contributed by atoms with E-state index in [4.69, 9.17) is 4.42 Å². The quantitative estimate of drug-likeness (QED) is 0.391. The Morgan fingerprint density at radius 1 is 1.22 bits per heavy atom. The number of nitrogens with zero attached hydrogens (tertiary/aromatic N) is 3. The minimum absolute atomic E-state index is 0.119. The summed E-state index contributed by atoms with van der Waals surface area (Å²) >= 11 is 2.59. The van der Waals surface area contributed by atoms with Gasteiger partial charge in [0.25, 0.3) is 0 Å². The lowest BCUT2D eigenvalue weighted by molar-refractivity contribution is -0.118. The van der Waals surface area contributed by atoms with E-state index in [1.807, 2.05) is 0 Å². The van der Waals surface area contributed by atoms with Gasteiger partial charge in [-0.1, -0.05) is 11.8 Å². The third-order valence-corrected chi connectivity index (χ3v) is 5.68. The SMILES string of the molecule is O=C(CSc1ncnc2c(-c3ccc(F)cc3)nsc12)NCc1ccco1. The van der Waals surface area contributed by atoms with Gasteiger partial charge in [-0.15, -0.1) is 0 Å². The molecule has 1 amide bonds. The van der Waals surface area contributed by atoms with E-state index in [0.717, 1.165) is 10.3 Å². The standard InChI is InChI=1S/C18H13FN4O2S2/c19-12-5-3-11(4-6-12)15-16-17(27-23-15)18(22-10-21-16)26-9-14(24)20-8-13-2-1-7-25-13/h1-7,10H,8-9H2,(H,20,24). The summed E-state index contributed by atoms with van der Waals surface area (Å²) < 4.78 is 23.6. The molecule has 0 aliphatic rings. The number of hydrogen-bond acceptors (Lipinski definition) is 7. The normalized spacial score (nSPS) is 11.0. The predicted octanol–water partition coefficient (Wildman–Crippen LogP) is 3.89. The lowest BCUT2D eigenvalue weighted by atomic mass is 10.1. The number of furan rings is 1. The van der Waals surface area contributed by atoms with E-state index in [9.17, 15) is 9.18 Å². The Balaban J connectivity index is 1.48. The molecule has 27 heavy (non-hydrogen) atoms. The Kier molecular flexibility index (Phi) is 5.12. The summed E-state index contributed by atoms with van der Waals surface area (Å²) in [7, 11) is 0. The Morgan fingerprint density at radius 3 is 2.85 bits per heavy atom. The first-order chi connectivity index (χ1) is 13.2. The molecule has 4 rings (SSSR count). The highest BCUT2D eigenvalue weighted by atomic mass is 32.2. The maximum atomic E-state index is 13.1. The fraction of sp³-hybridized carbons (Fsp3) is 0.111. The second-order valence-electron chi connectivity index (χ2n) is 5.54. The molecule has 0 aliphatic heterocycles. The van der Waals surface area contributed by atoms with Crippen molar-refractivity contribution in [2.45, 2.75) is 11.6 Å². The van der Waals surface area contributed by atoms with Gasteiger partial charge in [0.1, 0.15) is 38.8 Å². The summed E-state index contributed by atoms with van der Waals surface area (Å²) in [6, 6.07) is 9.69. The summed E-state index contributed by atoms with van der Waals surface area (Å²) in [4.78, 5) is 20.6. The van der Waals surface area contributed by atoms with Crippen LogP contribution in [-0.2, 0) is 11.3 Å². The van der Waals surface area contributed by atoms with Crippen molar-refractivity contribution in [3.63, 3.8) is 0 Å². The van der Waals surface area contributed by atoms with Crippen LogP contribution in [0.4, 0.5) is 4.39 Å². The van der Waals surface area contributed by atoms with Crippen LogP contribution in [-0.4, -0.2) is 26.0 Å². The zero-order chi connectivity index (χ0) is 18.6. The highest BCUT2D eigenvalue weighted by Gasteiger charge is 2.15. The number of carbonyl (C=O) groups is 1. The Hall–Kier alpha value is -2.78. The van der Waals surface area contributed by atoms with Crippen LogP contribution in [0.15, 0.2) is 58.4 Å². The van der Waals surface area contributed by atoms with E-state index in [-0.39, 0.29) is 17.5 Å². The predicted molar refractivity (Wildman–Crippen MR) is 102 cm³/mol. The van der Waals surface area contributed by atoms with Crippen molar-refractivity contribution in [3.05, 3.63) is 60.6 Å². The zero-order valence-corrected chi connectivity index (χ0v) is 15.5. The number of rotatable bonds is 6. The number of hydrogen-bond donors (Lipinski definition) is 1. The summed E-state index contributed by atoms with van der Waals surface area (Å²) in [6.07, 6.45) is 3.02. The van der Waals surface area contributed by atoms with Crippen molar-refractivity contribution in [1.29, 1.82) is 0 Å². The number of thioether (sulfide) groups is 1. The molecule has 0 unspecified atom stereocenters. The summed E-state index contributed by atoms with van der Waals surface area (Å²) in [6.45, 7) is 0.348. The van der Waals surface area contributed by atoms with Gasteiger partial charge in [0, 0.05) is 5.56 Å². The molecular formula is C18H13FN4O2S2. The van der Waals surface area contributed by atoms with Gasteiger partial charge in [0.15, 0.2) is 0 Å². The summed E-state index contributed by atoms with van der Waals surface area (Å²) in [5.74, 6) is 0.497. The van der Waals surface area contributed by atoms with Gasteiger partial charge in [-0.05, 0) is 47.9 Å². The third kappa shape index (κ3) is 3.99. The van der Waals surface area contributed by atoms with Crippen LogP contribution in [0.2, 0.25) is 0 Å². The minimum atomic E-state index is -0.301. The third-order valence-electron chi connectivity index (χ3n) is 3.72. The number of nitrogens with one attached hydrogen (secondary N) is 1. The van der Waals surface area contributed by atoms with E-state index in [0.29, 0.717) is 28.5 Å². The first-order valence-electron chi connectivity index (χ1n) is 7.99. The molecule has 0 saturated heterocycles. The van der Waals surface area contributed by atoms with Crippen LogP contribution in [0.1, 0.15) is 5.76 Å². The van der Waals surface area contributed by atoms with Crippen LogP contribution in [0.25, 0.3) is 21.5 Å². The number of fused-ring (bicyclic) bond motifs is 1. The van der Waals surface area contributed by atoms with Crippen LogP contribution < -0.4 is 5.32 Å². The molecule has 6 nitrogen and oxygen atoms in total. The lowest BCUT2D eigenvalue weighted by Gasteiger charge is -2.04. The van der Waals surface area contributed by atoms with Gasteiger partial charge < -0.3 is 9.73 Å². The van der Waals surface area contributed by atoms with Gasteiger partial charge in [0.2, 0.25) is 5.91 Å². The largest absolute Gasteiger partial charge is 0.467 e. The molecule has 0 spiro atoms. The molecule has 0 fully saturated rings. The fourth-order valence-electron chi connectivity index (χ4n) is 2.43. The molecule has 4 aromatic rings. The van der Waals surface area contributed by atoms with Crippen molar-refractivity contribution in [2.75, 3.05) is 5.75 Å². The van der Waals surface area contributed by atoms with Gasteiger partial charge in [-0.25, -0.2) is 14.4 Å². The Labute approximate surface area is 162 Å². The highest BCUT2D eigenvalue weighted by molar-refractivity contribution is 8.00. The molecule has 0 bridgehead atoms. The van der Waals surface area contributed by atoms with Crippen LogP contribution in [0.3, 0.4) is 0 Å². The molecule has 9 heteroatoms. The minimum Gasteiger partial charge on any atom is -0.467 e. The molecule has 3 heterocycles. The van der Waals surface area contributed by atoms with E-state index < -0.39 is 0 Å². The average molecular weight is 400 g/mol. The van der Waals surface area contributed by atoms with Crippen LogP contribution in [0.5, 0.6) is 0 Å².